The van der Waals surface area contributed by atoms with Gasteiger partial charge >= 0.3 is 16.8 Å². The molecule has 0 saturated carbocycles. The van der Waals surface area contributed by atoms with Crippen LogP contribution in [0.4, 0.5) is 0 Å². The van der Waals surface area contributed by atoms with E-state index in [1.54, 1.807) is 0 Å². The van der Waals surface area contributed by atoms with Crippen LogP contribution in [0.15, 0.2) is 0 Å². The summed E-state index contributed by atoms with van der Waals surface area (Å²) >= 11 is 6.79. The number of thiol groups is 1. The van der Waals surface area contributed by atoms with Gasteiger partial charge in [-0.25, -0.2) is 5.26 Å². The maximum atomic E-state index is 7.18. The van der Waals surface area contributed by atoms with Gasteiger partial charge in [-0.3, -0.25) is 0 Å². The molecule has 0 aliphatic heterocycles. The molecule has 12 heavy (non-hydrogen) atoms. The summed E-state index contributed by atoms with van der Waals surface area (Å²) < 4.78 is 0. The normalized spacial score (nSPS) is 1.25. The standard InChI is InChI=1S/2CHNS.Co.5H2N/c2*2-1-3;;;;;;/h2*3H;;5*1H2/q;;+3;5*-1/p-1. The number of thiocyanates is 2. The Morgan fingerprint density at radius 2 is 0.917 bits per heavy atom. The predicted octanol–water partition coefficient (Wildman–Crippen LogP) is 3.99. The fourth-order valence-electron chi connectivity index (χ4n) is 0. The second-order valence-corrected chi connectivity index (χ2v) is 0.574. The summed E-state index contributed by atoms with van der Waals surface area (Å²) in [6.07, 6.45) is 0. The van der Waals surface area contributed by atoms with Crippen molar-refractivity contribution in [1.82, 2.24) is 0 Å². The minimum Gasteiger partial charge on any atom is -0.696 e. The van der Waals surface area contributed by atoms with Gasteiger partial charge in [0, 0.05) is 0 Å². The number of hydrogen-bond acceptors (Lipinski definition) is 4. The Morgan fingerprint density at radius 3 is 0.917 bits per heavy atom. The van der Waals surface area contributed by atoms with Crippen molar-refractivity contribution in [3.63, 3.8) is 0 Å². The molecule has 0 unspecified atom stereocenters. The van der Waals surface area contributed by atoms with Crippen LogP contribution in [0.1, 0.15) is 0 Å². The van der Waals surface area contributed by atoms with Crippen molar-refractivity contribution in [3.05, 3.63) is 30.8 Å². The van der Waals surface area contributed by atoms with Gasteiger partial charge in [-0.15, -0.1) is 0 Å². The van der Waals surface area contributed by atoms with Gasteiger partial charge in [-0.2, -0.15) is 5.26 Å². The van der Waals surface area contributed by atoms with E-state index in [1.807, 2.05) is 0 Å². The summed E-state index contributed by atoms with van der Waals surface area (Å²) in [4.78, 5) is 0. The summed E-state index contributed by atoms with van der Waals surface area (Å²) in [5.74, 6) is 0. The second kappa shape index (κ2) is 306. The maximum absolute atomic E-state index is 7.18. The van der Waals surface area contributed by atoms with Crippen molar-refractivity contribution >= 4 is 25.3 Å². The van der Waals surface area contributed by atoms with E-state index >= 15 is 0 Å². The van der Waals surface area contributed by atoms with Crippen LogP contribution in [0.2, 0.25) is 0 Å². The molecule has 0 saturated heterocycles. The van der Waals surface area contributed by atoms with Gasteiger partial charge in [0.25, 0.3) is 0 Å². The van der Waals surface area contributed by atoms with E-state index in [-0.39, 0.29) is 47.5 Å². The number of rotatable bonds is 0. The van der Waals surface area contributed by atoms with Gasteiger partial charge in [0.1, 0.15) is 5.40 Å². The first-order valence-electron chi connectivity index (χ1n) is 0.875. The predicted molar refractivity (Wildman–Crippen MR) is 54.0 cm³/mol. The van der Waals surface area contributed by atoms with E-state index in [4.69, 9.17) is 10.5 Å². The van der Waals surface area contributed by atoms with Crippen LogP contribution in [0.5, 0.6) is 0 Å². The molecule has 10 heteroatoms. The van der Waals surface area contributed by atoms with Crippen molar-refractivity contribution in [2.75, 3.05) is 0 Å². The van der Waals surface area contributed by atoms with Crippen molar-refractivity contribution in [1.29, 1.82) is 10.5 Å². The molecular formula is C2H11CoN7S2-3. The van der Waals surface area contributed by atoms with E-state index in [9.17, 15) is 0 Å². The summed E-state index contributed by atoms with van der Waals surface area (Å²) in [5, 5.41) is 17.1. The van der Waals surface area contributed by atoms with E-state index in [0.717, 1.165) is 0 Å². The summed E-state index contributed by atoms with van der Waals surface area (Å²) in [6.45, 7) is 0. The first-order chi connectivity index (χ1) is 2.83. The number of nitrogens with zero attached hydrogens (tertiary/aromatic N) is 2. The molecule has 0 aromatic heterocycles. The Hall–Kier alpha value is -0.144. The van der Waals surface area contributed by atoms with Crippen LogP contribution >= 0.6 is 12.6 Å². The zero-order valence-corrected chi connectivity index (χ0v) is 8.72. The first kappa shape index (κ1) is 94.0. The minimum atomic E-state index is 0. The molecule has 0 fully saturated rings. The molecular weight excluding hydrogens is 245 g/mol. The van der Waals surface area contributed by atoms with Crippen LogP contribution in [0.25, 0.3) is 30.8 Å². The monoisotopic (exact) mass is 256 g/mol. The Bertz CT molecular complexity index is 74.4. The van der Waals surface area contributed by atoms with Crippen molar-refractivity contribution < 1.29 is 16.8 Å². The Morgan fingerprint density at radius 1 is 0.917 bits per heavy atom. The van der Waals surface area contributed by atoms with E-state index < -0.39 is 0 Å². The van der Waals surface area contributed by atoms with Crippen LogP contribution < -0.4 is 0 Å². The first-order valence-corrected chi connectivity index (χ1v) is 1.73. The Balaban J connectivity index is -0.00000000296. The van der Waals surface area contributed by atoms with Gasteiger partial charge < -0.3 is 43.4 Å². The molecule has 0 rings (SSSR count). The van der Waals surface area contributed by atoms with Gasteiger partial charge in [0.15, 0.2) is 0 Å². The molecule has 7 nitrogen and oxygen atoms in total. The van der Waals surface area contributed by atoms with Crippen LogP contribution in [-0.4, -0.2) is 0 Å². The summed E-state index contributed by atoms with van der Waals surface area (Å²) in [5.41, 5.74) is 0. The van der Waals surface area contributed by atoms with E-state index in [1.165, 1.54) is 10.8 Å². The third kappa shape index (κ3) is 37500. The quantitative estimate of drug-likeness (QED) is 0.386. The van der Waals surface area contributed by atoms with Gasteiger partial charge in [-0.1, -0.05) is 18.0 Å². The largest absolute Gasteiger partial charge is 3.00 e. The molecule has 0 aromatic rings. The molecule has 0 spiro atoms. The average molecular weight is 256 g/mol. The van der Waals surface area contributed by atoms with Crippen LogP contribution in [0.3, 0.4) is 0 Å². The summed E-state index contributed by atoms with van der Waals surface area (Å²) in [7, 11) is 0. The third-order valence-electron chi connectivity index (χ3n) is 0. The number of nitriles is 2. The SMILES string of the molecule is N#CS.N#C[S-].[Co+3].[NH2-].[NH2-].[NH2-].[NH2-].[NH2-]. The third-order valence-corrected chi connectivity index (χ3v) is 0. The van der Waals surface area contributed by atoms with Crippen LogP contribution in [-0.2, 0) is 29.4 Å². The molecule has 0 aliphatic carbocycles. The smallest absolute Gasteiger partial charge is 0.696 e. The van der Waals surface area contributed by atoms with Crippen molar-refractivity contribution in [2.24, 2.45) is 0 Å². The average Bonchev–Trinajstić information content (AvgIpc) is 1.39. The van der Waals surface area contributed by atoms with Crippen LogP contribution in [0, 0.1) is 21.3 Å². The maximum Gasteiger partial charge on any atom is 3.00 e. The molecule has 10 N–H and O–H groups in total. The molecule has 0 radical (unpaired) electrons. The van der Waals surface area contributed by atoms with Gasteiger partial charge in [0.2, 0.25) is 0 Å². The molecule has 0 heterocycles. The molecule has 0 aromatic carbocycles. The number of hydrogen-bond donors (Lipinski definition) is 1. The molecule has 0 bridgehead atoms. The van der Waals surface area contributed by atoms with Crippen molar-refractivity contribution in [2.45, 2.75) is 0 Å². The van der Waals surface area contributed by atoms with E-state index in [0.29, 0.717) is 0 Å². The topological polar surface area (TPSA) is 215 Å². The van der Waals surface area contributed by atoms with Gasteiger partial charge in [0.05, 0.1) is 0 Å². The number of nitrogens with two attached hydrogens (primary N) is 5. The molecule has 78 valence electrons. The van der Waals surface area contributed by atoms with Crippen molar-refractivity contribution in [3.8, 4) is 10.8 Å². The van der Waals surface area contributed by atoms with E-state index in [2.05, 4.69) is 25.3 Å². The molecule has 0 amide bonds. The minimum absolute atomic E-state index is 0. The second-order valence-electron chi connectivity index (χ2n) is 0.191. The molecule has 0 aliphatic rings. The Kier molecular flexibility index (Phi) is 2400. The zero-order valence-electron chi connectivity index (χ0n) is 5.97. The zero-order chi connectivity index (χ0) is 5.41. The van der Waals surface area contributed by atoms with Gasteiger partial charge in [-0.05, 0) is 0 Å². The fourth-order valence-corrected chi connectivity index (χ4v) is 0. The fraction of sp³-hybridized carbons (Fsp3) is 0. The molecule has 0 atom stereocenters. The summed E-state index contributed by atoms with van der Waals surface area (Å²) in [6, 6.07) is 0. The Labute approximate surface area is 94.2 Å².